The van der Waals surface area contributed by atoms with Crippen LogP contribution in [0.15, 0.2) is 75.9 Å². The van der Waals surface area contributed by atoms with E-state index in [0.29, 0.717) is 23.8 Å². The Bertz CT molecular complexity index is 1360. The molecule has 1 N–H and O–H groups in total. The van der Waals surface area contributed by atoms with E-state index < -0.39 is 5.63 Å². The van der Waals surface area contributed by atoms with E-state index in [2.05, 4.69) is 11.9 Å². The molecule has 174 valence electrons. The molecule has 5 rings (SSSR count). The third-order valence-electron chi connectivity index (χ3n) is 6.77. The van der Waals surface area contributed by atoms with Crippen LogP contribution in [0.5, 0.6) is 11.5 Å². The molecule has 5 heteroatoms. The number of aryl methyl sites for hydroxylation is 1. The fraction of sp³-hybridized carbons (Fsp3) is 0.276. The highest BCUT2D eigenvalue weighted by molar-refractivity contribution is 6.01. The number of hydrogen-bond donors (Lipinski definition) is 1. The zero-order valence-electron chi connectivity index (χ0n) is 19.6. The van der Waals surface area contributed by atoms with Crippen molar-refractivity contribution in [1.29, 1.82) is 0 Å². The summed E-state index contributed by atoms with van der Waals surface area (Å²) in [4.78, 5) is 15.5. The predicted octanol–water partition coefficient (Wildman–Crippen LogP) is 6.00. The first kappa shape index (κ1) is 22.2. The second kappa shape index (κ2) is 9.35. The van der Waals surface area contributed by atoms with Crippen molar-refractivity contribution in [2.75, 3.05) is 20.2 Å². The zero-order valence-corrected chi connectivity index (χ0v) is 19.6. The van der Waals surface area contributed by atoms with E-state index in [1.807, 2.05) is 55.5 Å². The van der Waals surface area contributed by atoms with E-state index in [1.54, 1.807) is 12.1 Å². The molecule has 0 spiro atoms. The van der Waals surface area contributed by atoms with Crippen molar-refractivity contribution in [3.63, 3.8) is 0 Å². The van der Waals surface area contributed by atoms with Crippen molar-refractivity contribution in [3.05, 3.63) is 82.7 Å². The number of aromatic hydroxyl groups is 1. The SMILES string of the molecule is Cc1ccc(-c2c(-c3ccc(OCCC4CCCN4C)cc3)c3ccc(O)cc3oc2=O)cc1. The minimum Gasteiger partial charge on any atom is -0.508 e. The molecular formula is C29H29NO4. The highest BCUT2D eigenvalue weighted by Crippen LogP contribution is 2.37. The van der Waals surface area contributed by atoms with Crippen LogP contribution in [0.4, 0.5) is 0 Å². The third-order valence-corrected chi connectivity index (χ3v) is 6.77. The van der Waals surface area contributed by atoms with Gasteiger partial charge in [-0.05, 0) is 75.2 Å². The van der Waals surface area contributed by atoms with Gasteiger partial charge < -0.3 is 19.2 Å². The Morgan fingerprint density at radius 3 is 2.41 bits per heavy atom. The Balaban J connectivity index is 1.51. The molecule has 2 heterocycles. The molecule has 3 aromatic carbocycles. The molecule has 0 amide bonds. The summed E-state index contributed by atoms with van der Waals surface area (Å²) >= 11 is 0. The van der Waals surface area contributed by atoms with E-state index in [4.69, 9.17) is 9.15 Å². The maximum atomic E-state index is 13.1. The predicted molar refractivity (Wildman–Crippen MR) is 136 cm³/mol. The topological polar surface area (TPSA) is 62.9 Å². The molecule has 1 aliphatic heterocycles. The van der Waals surface area contributed by atoms with Crippen LogP contribution in [-0.2, 0) is 0 Å². The largest absolute Gasteiger partial charge is 0.508 e. The minimum atomic E-state index is -0.432. The molecule has 0 radical (unpaired) electrons. The number of phenolic OH excluding ortho intramolecular Hbond substituents is 1. The van der Waals surface area contributed by atoms with Gasteiger partial charge in [0.25, 0.3) is 0 Å². The normalized spacial score (nSPS) is 16.2. The van der Waals surface area contributed by atoms with Gasteiger partial charge in [-0.1, -0.05) is 42.0 Å². The van der Waals surface area contributed by atoms with Crippen molar-refractivity contribution in [2.45, 2.75) is 32.2 Å². The van der Waals surface area contributed by atoms with Crippen LogP contribution in [0.2, 0.25) is 0 Å². The van der Waals surface area contributed by atoms with Gasteiger partial charge in [0, 0.05) is 23.1 Å². The van der Waals surface area contributed by atoms with Gasteiger partial charge in [0.1, 0.15) is 17.1 Å². The monoisotopic (exact) mass is 455 g/mol. The molecule has 1 aliphatic rings. The Kier molecular flexibility index (Phi) is 6.12. The molecule has 1 aromatic heterocycles. The smallest absolute Gasteiger partial charge is 0.344 e. The first-order valence-electron chi connectivity index (χ1n) is 11.8. The highest BCUT2D eigenvalue weighted by Gasteiger charge is 2.21. The highest BCUT2D eigenvalue weighted by atomic mass is 16.5. The Hall–Kier alpha value is -3.57. The van der Waals surface area contributed by atoms with E-state index in [-0.39, 0.29) is 5.75 Å². The summed E-state index contributed by atoms with van der Waals surface area (Å²) in [5.74, 6) is 0.868. The zero-order chi connectivity index (χ0) is 23.7. The third kappa shape index (κ3) is 4.44. The summed E-state index contributed by atoms with van der Waals surface area (Å²) < 4.78 is 11.6. The lowest BCUT2D eigenvalue weighted by molar-refractivity contribution is 0.233. The number of hydrogen-bond acceptors (Lipinski definition) is 5. The molecule has 1 saturated heterocycles. The lowest BCUT2D eigenvalue weighted by Crippen LogP contribution is -2.26. The number of benzene rings is 3. The van der Waals surface area contributed by atoms with Crippen molar-refractivity contribution >= 4 is 11.0 Å². The van der Waals surface area contributed by atoms with Gasteiger partial charge in [-0.3, -0.25) is 0 Å². The van der Waals surface area contributed by atoms with Crippen LogP contribution in [0, 0.1) is 6.92 Å². The second-order valence-electron chi connectivity index (χ2n) is 9.12. The molecule has 5 nitrogen and oxygen atoms in total. The molecule has 1 fully saturated rings. The Morgan fingerprint density at radius 1 is 1.00 bits per heavy atom. The number of nitrogens with zero attached hydrogens (tertiary/aromatic N) is 1. The van der Waals surface area contributed by atoms with Crippen molar-refractivity contribution in [3.8, 4) is 33.8 Å². The average Bonchev–Trinajstić information content (AvgIpc) is 3.24. The van der Waals surface area contributed by atoms with Crippen LogP contribution in [0.25, 0.3) is 33.2 Å². The second-order valence-corrected chi connectivity index (χ2v) is 9.12. The molecule has 0 bridgehead atoms. The molecule has 0 aliphatic carbocycles. The number of rotatable bonds is 6. The summed E-state index contributed by atoms with van der Waals surface area (Å²) in [5, 5.41) is 10.7. The van der Waals surface area contributed by atoms with Gasteiger partial charge in [0.15, 0.2) is 0 Å². The van der Waals surface area contributed by atoms with E-state index >= 15 is 0 Å². The van der Waals surface area contributed by atoms with E-state index in [1.165, 1.54) is 25.5 Å². The number of likely N-dealkylation sites (tertiary alicyclic amines) is 1. The van der Waals surface area contributed by atoms with Gasteiger partial charge in [-0.15, -0.1) is 0 Å². The first-order chi connectivity index (χ1) is 16.5. The van der Waals surface area contributed by atoms with Gasteiger partial charge in [-0.25, -0.2) is 4.79 Å². The van der Waals surface area contributed by atoms with E-state index in [9.17, 15) is 9.90 Å². The first-order valence-corrected chi connectivity index (χ1v) is 11.8. The maximum absolute atomic E-state index is 13.1. The Morgan fingerprint density at radius 2 is 1.71 bits per heavy atom. The van der Waals surface area contributed by atoms with Crippen molar-refractivity contribution < 1.29 is 14.3 Å². The fourth-order valence-electron chi connectivity index (χ4n) is 4.85. The summed E-state index contributed by atoms with van der Waals surface area (Å²) in [5.41, 5.74) is 4.03. The molecule has 34 heavy (non-hydrogen) atoms. The van der Waals surface area contributed by atoms with Crippen LogP contribution >= 0.6 is 0 Å². The van der Waals surface area contributed by atoms with E-state index in [0.717, 1.165) is 39.8 Å². The number of fused-ring (bicyclic) bond motifs is 1. The number of phenols is 1. The number of ether oxygens (including phenoxy) is 1. The lowest BCUT2D eigenvalue weighted by Gasteiger charge is -2.19. The summed E-state index contributed by atoms with van der Waals surface area (Å²) in [7, 11) is 2.18. The van der Waals surface area contributed by atoms with Gasteiger partial charge in [0.05, 0.1) is 12.2 Å². The van der Waals surface area contributed by atoms with Gasteiger partial charge in [0.2, 0.25) is 0 Å². The average molecular weight is 456 g/mol. The quantitative estimate of drug-likeness (QED) is 0.361. The summed E-state index contributed by atoms with van der Waals surface area (Å²) in [6, 6.07) is 21.2. The lowest BCUT2D eigenvalue weighted by atomic mass is 9.92. The standard InChI is InChI=1S/C29H29NO4/c1-19-5-7-21(8-6-19)28-27(25-14-11-23(31)18-26(25)34-29(28)32)20-9-12-24(13-10-20)33-17-15-22-4-3-16-30(22)2/h5-14,18,22,31H,3-4,15-17H2,1-2H3. The van der Waals surface area contributed by atoms with Gasteiger partial charge >= 0.3 is 5.63 Å². The van der Waals surface area contributed by atoms with Crippen molar-refractivity contribution in [1.82, 2.24) is 4.90 Å². The summed E-state index contributed by atoms with van der Waals surface area (Å²) in [6.07, 6.45) is 3.51. The van der Waals surface area contributed by atoms with Crippen LogP contribution in [0.3, 0.4) is 0 Å². The molecule has 1 unspecified atom stereocenters. The molecular weight excluding hydrogens is 426 g/mol. The Labute approximate surface area is 199 Å². The van der Waals surface area contributed by atoms with Crippen LogP contribution < -0.4 is 10.4 Å². The molecule has 4 aromatic rings. The molecule has 0 saturated carbocycles. The minimum absolute atomic E-state index is 0.0568. The molecule has 1 atom stereocenters. The van der Waals surface area contributed by atoms with Gasteiger partial charge in [-0.2, -0.15) is 0 Å². The summed E-state index contributed by atoms with van der Waals surface area (Å²) in [6.45, 7) is 3.86. The van der Waals surface area contributed by atoms with Crippen molar-refractivity contribution in [2.24, 2.45) is 0 Å². The maximum Gasteiger partial charge on any atom is 0.344 e. The fourth-order valence-corrected chi connectivity index (χ4v) is 4.85. The van der Waals surface area contributed by atoms with Crippen LogP contribution in [-0.4, -0.2) is 36.2 Å². The van der Waals surface area contributed by atoms with Crippen LogP contribution in [0.1, 0.15) is 24.8 Å².